The van der Waals surface area contributed by atoms with E-state index in [0.29, 0.717) is 22.0 Å². The van der Waals surface area contributed by atoms with E-state index in [-0.39, 0.29) is 34.3 Å². The van der Waals surface area contributed by atoms with Gasteiger partial charge in [-0.15, -0.1) is 5.10 Å². The fraction of sp³-hybridized carbons (Fsp3) is 0.0833. The van der Waals surface area contributed by atoms with Crippen molar-refractivity contribution in [2.75, 3.05) is 0 Å². The predicted octanol–water partition coefficient (Wildman–Crippen LogP) is 5.42. The molecule has 0 saturated heterocycles. The number of allylic oxidation sites excluding steroid dienone is 1. The van der Waals surface area contributed by atoms with Gasteiger partial charge in [0.05, 0.1) is 27.7 Å². The van der Waals surface area contributed by atoms with Gasteiger partial charge in [-0.1, -0.05) is 41.4 Å². The number of ether oxygens (including phenoxy) is 1. The van der Waals surface area contributed by atoms with Crippen molar-refractivity contribution in [3.05, 3.63) is 98.1 Å². The number of hydrogen-bond acceptors (Lipinski definition) is 7. The van der Waals surface area contributed by atoms with Gasteiger partial charge >= 0.3 is 0 Å². The number of H-pyrrole nitrogens is 1. The lowest BCUT2D eigenvalue weighted by molar-refractivity contribution is -0.384. The quantitative estimate of drug-likeness (QED) is 0.297. The van der Waals surface area contributed by atoms with Crippen molar-refractivity contribution >= 4 is 17.3 Å². The Labute approximate surface area is 198 Å². The second-order valence-electron chi connectivity index (χ2n) is 7.73. The summed E-state index contributed by atoms with van der Waals surface area (Å²) in [6.07, 6.45) is 0. The lowest BCUT2D eigenvalue weighted by atomic mass is 9.86. The van der Waals surface area contributed by atoms with Crippen LogP contribution in [0, 0.1) is 28.4 Å². The molecule has 0 unspecified atom stereocenters. The summed E-state index contributed by atoms with van der Waals surface area (Å²) in [4.78, 5) is 11.0. The zero-order valence-electron chi connectivity index (χ0n) is 17.7. The number of nitro benzene ring substituents is 1. The van der Waals surface area contributed by atoms with Gasteiger partial charge in [-0.3, -0.25) is 15.2 Å². The molecule has 2 aromatic carbocycles. The number of nitrogens with two attached hydrogens (primary N) is 1. The van der Waals surface area contributed by atoms with Crippen molar-refractivity contribution in [2.24, 2.45) is 5.73 Å². The number of fused-ring (bicyclic) bond motifs is 1. The fourth-order valence-corrected chi connectivity index (χ4v) is 4.16. The SMILES string of the molecule is Cc1ccc(-c2[nH]nc3c2[C@H](c2ccc(-c4cc(Cl)ccc4[N+](=O)[O-])o2)C(C#N)=C(N)O3)cc1. The summed E-state index contributed by atoms with van der Waals surface area (Å²) in [7, 11) is 0. The molecule has 34 heavy (non-hydrogen) atoms. The molecule has 0 spiro atoms. The summed E-state index contributed by atoms with van der Waals surface area (Å²) < 4.78 is 11.7. The highest BCUT2D eigenvalue weighted by atomic mass is 35.5. The highest BCUT2D eigenvalue weighted by Gasteiger charge is 2.37. The Kier molecular flexibility index (Phi) is 5.07. The minimum Gasteiger partial charge on any atom is -0.460 e. The number of hydrogen-bond donors (Lipinski definition) is 2. The normalized spacial score (nSPS) is 14.9. The minimum absolute atomic E-state index is 0.0892. The number of benzene rings is 2. The Morgan fingerprint density at radius 1 is 1.21 bits per heavy atom. The van der Waals surface area contributed by atoms with Gasteiger partial charge in [-0.25, -0.2) is 0 Å². The van der Waals surface area contributed by atoms with Gasteiger partial charge in [0.2, 0.25) is 11.8 Å². The van der Waals surface area contributed by atoms with E-state index in [9.17, 15) is 15.4 Å². The Balaban J connectivity index is 1.67. The van der Waals surface area contributed by atoms with Crippen molar-refractivity contribution in [1.29, 1.82) is 5.26 Å². The van der Waals surface area contributed by atoms with E-state index in [0.717, 1.165) is 11.1 Å². The molecule has 5 rings (SSSR count). The van der Waals surface area contributed by atoms with E-state index in [2.05, 4.69) is 16.3 Å². The third kappa shape index (κ3) is 3.46. The van der Waals surface area contributed by atoms with Crippen LogP contribution in [0.3, 0.4) is 0 Å². The number of nitro groups is 1. The first-order chi connectivity index (χ1) is 16.4. The minimum atomic E-state index is -0.740. The number of rotatable bonds is 4. The van der Waals surface area contributed by atoms with Crippen molar-refractivity contribution < 1.29 is 14.1 Å². The number of aromatic nitrogens is 2. The molecule has 1 aliphatic heterocycles. The highest BCUT2D eigenvalue weighted by molar-refractivity contribution is 6.31. The fourth-order valence-electron chi connectivity index (χ4n) is 3.99. The zero-order valence-corrected chi connectivity index (χ0v) is 18.5. The van der Waals surface area contributed by atoms with Gasteiger partial charge in [-0.2, -0.15) is 5.26 Å². The standard InChI is InChI=1S/C24H16ClN5O4/c1-12-2-4-13(5-3-12)22-21-20(16(11-26)23(27)34-24(21)29-28-22)19-9-8-18(33-19)15-10-14(25)6-7-17(15)30(31)32/h2-10,20H,27H2,1H3,(H,28,29)/t20-/m0/s1. The van der Waals surface area contributed by atoms with Crippen LogP contribution in [0.5, 0.6) is 5.88 Å². The van der Waals surface area contributed by atoms with Crippen LogP contribution in [0.25, 0.3) is 22.6 Å². The molecule has 168 valence electrons. The van der Waals surface area contributed by atoms with E-state index in [1.165, 1.54) is 18.2 Å². The Bertz CT molecular complexity index is 1510. The van der Waals surface area contributed by atoms with Crippen LogP contribution in [-0.4, -0.2) is 15.1 Å². The number of aromatic amines is 1. The Hall–Kier alpha value is -4.55. The predicted molar refractivity (Wildman–Crippen MR) is 124 cm³/mol. The number of furan rings is 1. The van der Waals surface area contributed by atoms with E-state index in [1.807, 2.05) is 31.2 Å². The molecule has 1 aliphatic rings. The van der Waals surface area contributed by atoms with Crippen molar-refractivity contribution in [3.8, 4) is 34.5 Å². The molecular formula is C24H16ClN5O4. The zero-order chi connectivity index (χ0) is 24.0. The van der Waals surface area contributed by atoms with Crippen LogP contribution in [0.1, 0.15) is 22.8 Å². The second-order valence-corrected chi connectivity index (χ2v) is 8.17. The summed E-state index contributed by atoms with van der Waals surface area (Å²) in [6.45, 7) is 1.98. The lowest BCUT2D eigenvalue weighted by Gasteiger charge is -2.22. The summed E-state index contributed by atoms with van der Waals surface area (Å²) in [5, 5.41) is 29.0. The van der Waals surface area contributed by atoms with Gasteiger partial charge in [0, 0.05) is 16.7 Å². The third-order valence-electron chi connectivity index (χ3n) is 5.61. The molecule has 4 aromatic rings. The van der Waals surface area contributed by atoms with Crippen LogP contribution in [0.4, 0.5) is 5.69 Å². The monoisotopic (exact) mass is 473 g/mol. The molecule has 3 N–H and O–H groups in total. The summed E-state index contributed by atoms with van der Waals surface area (Å²) in [5.74, 6) is -0.0234. The van der Waals surface area contributed by atoms with Gasteiger partial charge in [0.15, 0.2) is 0 Å². The maximum atomic E-state index is 11.5. The summed E-state index contributed by atoms with van der Waals surface area (Å²) >= 11 is 6.08. The first-order valence-electron chi connectivity index (χ1n) is 10.1. The van der Waals surface area contributed by atoms with Crippen molar-refractivity contribution in [1.82, 2.24) is 10.2 Å². The van der Waals surface area contributed by atoms with Crippen LogP contribution in [-0.2, 0) is 0 Å². The van der Waals surface area contributed by atoms with E-state index >= 15 is 0 Å². The Morgan fingerprint density at radius 3 is 2.68 bits per heavy atom. The molecule has 2 aromatic heterocycles. The highest BCUT2D eigenvalue weighted by Crippen LogP contribution is 2.47. The number of nitrogens with one attached hydrogen (secondary N) is 1. The molecular weight excluding hydrogens is 458 g/mol. The molecule has 9 nitrogen and oxygen atoms in total. The molecule has 0 fully saturated rings. The summed E-state index contributed by atoms with van der Waals surface area (Å²) in [5.41, 5.74) is 9.39. The van der Waals surface area contributed by atoms with E-state index in [4.69, 9.17) is 26.5 Å². The first-order valence-corrected chi connectivity index (χ1v) is 10.5. The van der Waals surface area contributed by atoms with Gasteiger partial charge in [-0.05, 0) is 31.2 Å². The topological polar surface area (TPSA) is 144 Å². The maximum absolute atomic E-state index is 11.5. The van der Waals surface area contributed by atoms with E-state index < -0.39 is 10.8 Å². The van der Waals surface area contributed by atoms with Gasteiger partial charge < -0.3 is 14.9 Å². The first kappa shape index (κ1) is 21.3. The number of halogens is 1. The number of nitriles is 1. The third-order valence-corrected chi connectivity index (χ3v) is 5.85. The van der Waals surface area contributed by atoms with Gasteiger partial charge in [0.25, 0.3) is 5.69 Å². The number of aryl methyl sites for hydroxylation is 1. The van der Waals surface area contributed by atoms with Crippen LogP contribution in [0.15, 0.2) is 70.5 Å². The van der Waals surface area contributed by atoms with Crippen molar-refractivity contribution in [2.45, 2.75) is 12.8 Å². The van der Waals surface area contributed by atoms with E-state index in [1.54, 1.807) is 12.1 Å². The molecule has 0 aliphatic carbocycles. The molecule has 3 heterocycles. The van der Waals surface area contributed by atoms with Crippen molar-refractivity contribution in [3.63, 3.8) is 0 Å². The Morgan fingerprint density at radius 2 is 1.97 bits per heavy atom. The molecule has 10 heteroatoms. The summed E-state index contributed by atoms with van der Waals surface area (Å²) in [6, 6.07) is 17.3. The second kappa shape index (κ2) is 8.10. The van der Waals surface area contributed by atoms with Crippen LogP contribution >= 0.6 is 11.6 Å². The largest absolute Gasteiger partial charge is 0.460 e. The molecule has 0 bridgehead atoms. The molecule has 0 radical (unpaired) electrons. The molecule has 0 saturated carbocycles. The average Bonchev–Trinajstić information content (AvgIpc) is 3.46. The molecule has 0 amide bonds. The maximum Gasteiger partial charge on any atom is 0.280 e. The lowest BCUT2D eigenvalue weighted by Crippen LogP contribution is -2.20. The molecule has 1 atom stereocenters. The van der Waals surface area contributed by atoms with Crippen LogP contribution in [0.2, 0.25) is 5.02 Å². The van der Waals surface area contributed by atoms with Crippen LogP contribution < -0.4 is 10.5 Å². The number of nitrogens with zero attached hydrogens (tertiary/aromatic N) is 3. The average molecular weight is 474 g/mol. The van der Waals surface area contributed by atoms with Gasteiger partial charge in [0.1, 0.15) is 23.2 Å². The smallest absolute Gasteiger partial charge is 0.280 e.